The Morgan fingerprint density at radius 3 is 2.63 bits per heavy atom. The summed E-state index contributed by atoms with van der Waals surface area (Å²) in [7, 11) is 0. The number of aliphatic hydroxyl groups excluding tert-OH is 1. The van der Waals surface area contributed by atoms with E-state index in [0.29, 0.717) is 44.5 Å². The third-order valence-corrected chi connectivity index (χ3v) is 8.17. The van der Waals surface area contributed by atoms with Crippen molar-refractivity contribution in [3.8, 4) is 11.4 Å². The van der Waals surface area contributed by atoms with Crippen LogP contribution in [-0.4, -0.2) is 31.6 Å². The van der Waals surface area contributed by atoms with E-state index in [0.717, 1.165) is 0 Å². The van der Waals surface area contributed by atoms with Gasteiger partial charge < -0.3 is 24.8 Å². The van der Waals surface area contributed by atoms with E-state index >= 15 is 0 Å². The second kappa shape index (κ2) is 9.60. The fourth-order valence-electron chi connectivity index (χ4n) is 5.89. The van der Waals surface area contributed by atoms with Gasteiger partial charge in [-0.3, -0.25) is 9.59 Å². The molecule has 6 rings (SSSR count). The van der Waals surface area contributed by atoms with Crippen LogP contribution >= 0.6 is 0 Å². The van der Waals surface area contributed by atoms with E-state index in [1.165, 1.54) is 10.6 Å². The number of ether oxygens (including phenoxy) is 1. The first-order chi connectivity index (χ1) is 19.5. The molecule has 10 heteroatoms. The maximum absolute atomic E-state index is 14.7. The van der Waals surface area contributed by atoms with Crippen LogP contribution in [-0.2, 0) is 33.1 Å². The molecule has 1 amide bonds. The Bertz CT molecular complexity index is 1820. The van der Waals surface area contributed by atoms with Crippen LogP contribution in [0.3, 0.4) is 0 Å². The average molecular weight is 558 g/mol. The molecule has 0 fully saturated rings. The molecule has 2 aromatic heterocycles. The van der Waals surface area contributed by atoms with E-state index in [1.807, 2.05) is 0 Å². The number of aryl methyl sites for hydroxylation is 1. The van der Waals surface area contributed by atoms with Gasteiger partial charge in [-0.25, -0.2) is 14.2 Å². The van der Waals surface area contributed by atoms with E-state index in [1.54, 1.807) is 63.2 Å². The summed E-state index contributed by atoms with van der Waals surface area (Å²) in [6.45, 7) is 4.85. The van der Waals surface area contributed by atoms with E-state index in [-0.39, 0.29) is 30.7 Å². The maximum atomic E-state index is 14.7. The number of hydrogen-bond donors (Lipinski definition) is 3. The molecule has 0 radical (unpaired) electrons. The minimum Gasteiger partial charge on any atom is -0.458 e. The van der Waals surface area contributed by atoms with Crippen molar-refractivity contribution in [3.05, 3.63) is 98.1 Å². The number of pyridine rings is 2. The number of nitrogens with zero attached hydrogens (tertiary/aromatic N) is 2. The summed E-state index contributed by atoms with van der Waals surface area (Å²) < 4.78 is 21.4. The van der Waals surface area contributed by atoms with E-state index in [9.17, 15) is 29.0 Å². The Hall–Kier alpha value is -4.41. The van der Waals surface area contributed by atoms with Gasteiger partial charge in [-0.2, -0.15) is 0 Å². The van der Waals surface area contributed by atoms with E-state index < -0.39 is 41.0 Å². The van der Waals surface area contributed by atoms with Gasteiger partial charge in [-0.15, -0.1) is 0 Å². The lowest BCUT2D eigenvalue weighted by atomic mass is 9.86. The highest BCUT2D eigenvalue weighted by molar-refractivity contribution is 5.91. The Balaban J connectivity index is 1.52. The van der Waals surface area contributed by atoms with Crippen LogP contribution < -0.4 is 10.9 Å². The number of carbonyl (C=O) groups excluding carboxylic acids is 2. The lowest BCUT2D eigenvalue weighted by Crippen LogP contribution is -2.44. The van der Waals surface area contributed by atoms with Crippen LogP contribution in [0, 0.1) is 12.7 Å². The molecule has 0 saturated heterocycles. The highest BCUT2D eigenvalue weighted by atomic mass is 19.1. The van der Waals surface area contributed by atoms with Gasteiger partial charge in [-0.1, -0.05) is 37.3 Å². The molecule has 210 valence electrons. The molecule has 4 aromatic rings. The van der Waals surface area contributed by atoms with Crippen molar-refractivity contribution in [1.82, 2.24) is 14.9 Å². The molecule has 0 unspecified atom stereocenters. The highest BCUT2D eigenvalue weighted by Crippen LogP contribution is 2.42. The predicted molar refractivity (Wildman–Crippen MR) is 147 cm³/mol. The minimum atomic E-state index is -1.98. The molecule has 0 saturated carbocycles. The quantitative estimate of drug-likeness (QED) is 0.282. The van der Waals surface area contributed by atoms with Crippen molar-refractivity contribution >= 4 is 22.8 Å². The summed E-state index contributed by atoms with van der Waals surface area (Å²) in [6.07, 6.45) is -1.41. The van der Waals surface area contributed by atoms with E-state index in [4.69, 9.17) is 9.72 Å². The minimum absolute atomic E-state index is 0.00226. The summed E-state index contributed by atoms with van der Waals surface area (Å²) >= 11 is 0. The van der Waals surface area contributed by atoms with Gasteiger partial charge in [0.25, 0.3) is 11.5 Å². The molecule has 0 spiro atoms. The standard InChI is InChI=1S/C31H28FN3O6/c1-4-31(40)21-11-24-26-19(13-35(24)29(38)20(21)14-41-30(31)39)25(18-10-15(2)22(32)12-23(18)34-26)16(3)33-28(37)27(36)17-8-6-5-7-9-17/h5-12,16,27,36,40H,4,13-14H2,1-3H3,(H,33,37)/t16-,27+,31+/m1/s1. The molecule has 9 nitrogen and oxygen atoms in total. The second-order valence-corrected chi connectivity index (χ2v) is 10.6. The van der Waals surface area contributed by atoms with Gasteiger partial charge in [0.1, 0.15) is 12.4 Å². The first-order valence-electron chi connectivity index (χ1n) is 13.4. The molecule has 0 aliphatic carbocycles. The number of halogens is 1. The smallest absolute Gasteiger partial charge is 0.343 e. The van der Waals surface area contributed by atoms with Crippen LogP contribution in [0.4, 0.5) is 4.39 Å². The topological polar surface area (TPSA) is 131 Å². The lowest BCUT2D eigenvalue weighted by molar-refractivity contribution is -0.172. The van der Waals surface area contributed by atoms with E-state index in [2.05, 4.69) is 5.32 Å². The van der Waals surface area contributed by atoms with Gasteiger partial charge >= 0.3 is 5.97 Å². The first-order valence-corrected chi connectivity index (χ1v) is 13.4. The van der Waals surface area contributed by atoms with Crippen LogP contribution in [0.25, 0.3) is 22.3 Å². The van der Waals surface area contributed by atoms with Crippen LogP contribution in [0.1, 0.15) is 65.8 Å². The molecule has 3 N–H and O–H groups in total. The molecule has 0 bridgehead atoms. The molecule has 2 aliphatic rings. The van der Waals surface area contributed by atoms with Crippen molar-refractivity contribution < 1.29 is 28.9 Å². The summed E-state index contributed by atoms with van der Waals surface area (Å²) in [6, 6.07) is 12.4. The number of aliphatic hydroxyl groups is 2. The number of cyclic esters (lactones) is 1. The Morgan fingerprint density at radius 2 is 1.93 bits per heavy atom. The Labute approximate surface area is 234 Å². The van der Waals surface area contributed by atoms with Crippen molar-refractivity contribution in [3.63, 3.8) is 0 Å². The van der Waals surface area contributed by atoms with Crippen LogP contribution in [0.5, 0.6) is 0 Å². The number of hydrogen-bond acceptors (Lipinski definition) is 7. The number of aromatic nitrogens is 2. The zero-order chi connectivity index (χ0) is 29.2. The van der Waals surface area contributed by atoms with Crippen molar-refractivity contribution in [2.45, 2.75) is 58.1 Å². The van der Waals surface area contributed by atoms with Crippen LogP contribution in [0.15, 0.2) is 53.3 Å². The number of amides is 1. The van der Waals surface area contributed by atoms with Gasteiger partial charge in [0.2, 0.25) is 0 Å². The molecular weight excluding hydrogens is 529 g/mol. The predicted octanol–water partition coefficient (Wildman–Crippen LogP) is 3.44. The van der Waals surface area contributed by atoms with Crippen molar-refractivity contribution in [2.24, 2.45) is 0 Å². The number of rotatable bonds is 5. The summed E-state index contributed by atoms with van der Waals surface area (Å²) in [5.74, 6) is -1.91. The van der Waals surface area contributed by atoms with Crippen LogP contribution in [0.2, 0.25) is 0 Å². The maximum Gasteiger partial charge on any atom is 0.343 e. The highest BCUT2D eigenvalue weighted by Gasteiger charge is 2.45. The van der Waals surface area contributed by atoms with Gasteiger partial charge in [0.15, 0.2) is 11.7 Å². The Kier molecular flexibility index (Phi) is 6.28. The zero-order valence-electron chi connectivity index (χ0n) is 22.7. The largest absolute Gasteiger partial charge is 0.458 e. The first kappa shape index (κ1) is 26.8. The molecule has 4 heterocycles. The molecular formula is C31H28FN3O6. The number of benzene rings is 2. The fourth-order valence-corrected chi connectivity index (χ4v) is 5.89. The van der Waals surface area contributed by atoms with Gasteiger partial charge in [0.05, 0.1) is 35.1 Å². The lowest BCUT2D eigenvalue weighted by Gasteiger charge is -2.31. The zero-order valence-corrected chi connectivity index (χ0v) is 22.7. The number of nitrogens with one attached hydrogen (secondary N) is 1. The van der Waals surface area contributed by atoms with Gasteiger partial charge in [-0.05, 0) is 49.1 Å². The third-order valence-electron chi connectivity index (χ3n) is 8.17. The molecule has 2 aromatic carbocycles. The Morgan fingerprint density at radius 1 is 1.20 bits per heavy atom. The average Bonchev–Trinajstić information content (AvgIpc) is 3.33. The number of fused-ring (bicyclic) bond motifs is 5. The monoisotopic (exact) mass is 557 g/mol. The number of carbonyl (C=O) groups is 2. The van der Waals surface area contributed by atoms with Crippen molar-refractivity contribution in [2.75, 3.05) is 0 Å². The summed E-state index contributed by atoms with van der Waals surface area (Å²) in [5.41, 5.74) is 1.10. The molecule has 2 aliphatic heterocycles. The third kappa shape index (κ3) is 4.05. The molecule has 41 heavy (non-hydrogen) atoms. The summed E-state index contributed by atoms with van der Waals surface area (Å²) in [4.78, 5) is 44.0. The van der Waals surface area contributed by atoms with Gasteiger partial charge in [0, 0.05) is 22.6 Å². The normalized spacial score (nSPS) is 18.7. The SMILES string of the molecule is CC[C@@]1(O)C(=O)OCc2c1cc1n(c2=O)Cc2c-1nc1cc(F)c(C)cc1c2[C@@H](C)NC(=O)[C@@H](O)c1ccccc1. The van der Waals surface area contributed by atoms with Crippen molar-refractivity contribution in [1.29, 1.82) is 0 Å². The molecule has 3 atom stereocenters. The number of esters is 1. The second-order valence-electron chi connectivity index (χ2n) is 10.6. The summed E-state index contributed by atoms with van der Waals surface area (Å²) in [5, 5.41) is 25.3. The fraction of sp³-hybridized carbons (Fsp3) is 0.290.